The summed E-state index contributed by atoms with van der Waals surface area (Å²) in [4.78, 5) is 18.7. The number of halogens is 1. The van der Waals surface area contributed by atoms with Crippen molar-refractivity contribution >= 4 is 32.9 Å². The third kappa shape index (κ3) is 2.74. The van der Waals surface area contributed by atoms with E-state index >= 15 is 0 Å². The standard InChI is InChI=1S/C12H11BrN2O2/c1-7(2)17-11(16)6-8-5-9-10(13)3-4-14-12(9)15-8/h3-5H,1,6H2,2H3,(H,14,15). The molecule has 0 saturated carbocycles. The number of hydrogen-bond acceptors (Lipinski definition) is 3. The molecule has 0 amide bonds. The number of rotatable bonds is 3. The number of fused-ring (bicyclic) bond motifs is 1. The van der Waals surface area contributed by atoms with Gasteiger partial charge < -0.3 is 9.72 Å². The molecule has 0 aromatic carbocycles. The molecule has 0 atom stereocenters. The fourth-order valence-electron chi connectivity index (χ4n) is 1.53. The van der Waals surface area contributed by atoms with E-state index in [2.05, 4.69) is 32.5 Å². The maximum atomic E-state index is 11.4. The minimum Gasteiger partial charge on any atom is -0.432 e. The summed E-state index contributed by atoms with van der Waals surface area (Å²) in [6.07, 6.45) is 1.87. The zero-order valence-corrected chi connectivity index (χ0v) is 10.9. The Morgan fingerprint density at radius 2 is 2.41 bits per heavy atom. The Balaban J connectivity index is 2.23. The summed E-state index contributed by atoms with van der Waals surface area (Å²) in [5.41, 5.74) is 1.52. The molecule has 0 aliphatic rings. The van der Waals surface area contributed by atoms with Crippen LogP contribution in [0.25, 0.3) is 11.0 Å². The number of esters is 1. The Labute approximate surface area is 107 Å². The fourth-order valence-corrected chi connectivity index (χ4v) is 1.95. The topological polar surface area (TPSA) is 55.0 Å². The van der Waals surface area contributed by atoms with Gasteiger partial charge in [0.15, 0.2) is 0 Å². The van der Waals surface area contributed by atoms with E-state index in [4.69, 9.17) is 4.74 Å². The first kappa shape index (κ1) is 11.9. The molecule has 0 aliphatic heterocycles. The molecule has 2 heterocycles. The third-order valence-corrected chi connectivity index (χ3v) is 2.85. The maximum absolute atomic E-state index is 11.4. The average Bonchev–Trinajstić information content (AvgIpc) is 2.60. The van der Waals surface area contributed by atoms with Crippen LogP contribution in [0.5, 0.6) is 0 Å². The molecule has 1 N–H and O–H groups in total. The third-order valence-electron chi connectivity index (χ3n) is 2.16. The van der Waals surface area contributed by atoms with E-state index in [0.29, 0.717) is 5.76 Å². The van der Waals surface area contributed by atoms with Gasteiger partial charge in [0.05, 0.1) is 12.2 Å². The molecule has 88 valence electrons. The van der Waals surface area contributed by atoms with Gasteiger partial charge >= 0.3 is 5.97 Å². The van der Waals surface area contributed by atoms with Crippen LogP contribution in [-0.4, -0.2) is 15.9 Å². The number of aromatic nitrogens is 2. The van der Waals surface area contributed by atoms with Crippen LogP contribution >= 0.6 is 15.9 Å². The number of carbonyl (C=O) groups is 1. The van der Waals surface area contributed by atoms with Crippen LogP contribution in [0.15, 0.2) is 35.1 Å². The predicted molar refractivity (Wildman–Crippen MR) is 68.4 cm³/mol. The molecule has 5 heteroatoms. The molecule has 2 aromatic heterocycles. The Bertz CT molecular complexity index is 589. The molecule has 0 radical (unpaired) electrons. The van der Waals surface area contributed by atoms with Crippen molar-refractivity contribution in [2.45, 2.75) is 13.3 Å². The van der Waals surface area contributed by atoms with Gasteiger partial charge in [-0.15, -0.1) is 0 Å². The number of H-pyrrole nitrogens is 1. The number of allylic oxidation sites excluding steroid dienone is 1. The maximum Gasteiger partial charge on any atom is 0.316 e. The molecule has 17 heavy (non-hydrogen) atoms. The molecular formula is C12H11BrN2O2. The molecular weight excluding hydrogens is 284 g/mol. The van der Waals surface area contributed by atoms with Gasteiger partial charge in [0.25, 0.3) is 0 Å². The van der Waals surface area contributed by atoms with Gasteiger partial charge in [0.1, 0.15) is 5.65 Å². The smallest absolute Gasteiger partial charge is 0.316 e. The van der Waals surface area contributed by atoms with Gasteiger partial charge in [-0.05, 0) is 35.0 Å². The van der Waals surface area contributed by atoms with Gasteiger partial charge in [-0.3, -0.25) is 4.79 Å². The van der Waals surface area contributed by atoms with Gasteiger partial charge in [0, 0.05) is 21.7 Å². The lowest BCUT2D eigenvalue weighted by Gasteiger charge is -2.00. The van der Waals surface area contributed by atoms with Crippen LogP contribution in [-0.2, 0) is 16.0 Å². The molecule has 0 fully saturated rings. The number of carbonyl (C=O) groups excluding carboxylic acids is 1. The number of nitrogens with one attached hydrogen (secondary N) is 1. The van der Waals surface area contributed by atoms with Crippen LogP contribution < -0.4 is 0 Å². The molecule has 0 unspecified atom stereocenters. The lowest BCUT2D eigenvalue weighted by Crippen LogP contribution is -2.06. The van der Waals surface area contributed by atoms with Crippen molar-refractivity contribution in [1.29, 1.82) is 0 Å². The van der Waals surface area contributed by atoms with Gasteiger partial charge in [-0.1, -0.05) is 6.58 Å². The van der Waals surface area contributed by atoms with Crippen LogP contribution in [0.2, 0.25) is 0 Å². The van der Waals surface area contributed by atoms with E-state index in [0.717, 1.165) is 21.2 Å². The van der Waals surface area contributed by atoms with Crippen LogP contribution in [0.1, 0.15) is 12.6 Å². The van der Waals surface area contributed by atoms with Crippen molar-refractivity contribution in [3.63, 3.8) is 0 Å². The number of ether oxygens (including phenoxy) is 1. The highest BCUT2D eigenvalue weighted by molar-refractivity contribution is 9.10. The lowest BCUT2D eigenvalue weighted by atomic mass is 10.3. The van der Waals surface area contributed by atoms with Crippen molar-refractivity contribution < 1.29 is 9.53 Å². The Morgan fingerprint density at radius 3 is 3.06 bits per heavy atom. The molecule has 2 rings (SSSR count). The van der Waals surface area contributed by atoms with E-state index < -0.39 is 0 Å². The molecule has 0 bridgehead atoms. The van der Waals surface area contributed by atoms with Crippen molar-refractivity contribution in [2.75, 3.05) is 0 Å². The van der Waals surface area contributed by atoms with Crippen LogP contribution in [0.3, 0.4) is 0 Å². The quantitative estimate of drug-likeness (QED) is 0.699. The first-order valence-corrected chi connectivity index (χ1v) is 5.84. The number of hydrogen-bond donors (Lipinski definition) is 1. The van der Waals surface area contributed by atoms with E-state index in [-0.39, 0.29) is 12.4 Å². The van der Waals surface area contributed by atoms with Crippen molar-refractivity contribution in [1.82, 2.24) is 9.97 Å². The van der Waals surface area contributed by atoms with Gasteiger partial charge in [-0.25, -0.2) is 4.98 Å². The largest absolute Gasteiger partial charge is 0.432 e. The first-order chi connectivity index (χ1) is 8.06. The zero-order chi connectivity index (χ0) is 12.4. The Hall–Kier alpha value is -1.62. The molecule has 4 nitrogen and oxygen atoms in total. The van der Waals surface area contributed by atoms with E-state index in [1.807, 2.05) is 12.1 Å². The summed E-state index contributed by atoms with van der Waals surface area (Å²) >= 11 is 3.43. The SMILES string of the molecule is C=C(C)OC(=O)Cc1cc2c(Br)ccnc2[nH]1. The number of nitrogens with zero attached hydrogens (tertiary/aromatic N) is 1. The normalized spacial score (nSPS) is 10.5. The predicted octanol–water partition coefficient (Wildman–Crippen LogP) is 2.94. The Morgan fingerprint density at radius 1 is 1.65 bits per heavy atom. The molecule has 2 aromatic rings. The second kappa shape index (κ2) is 4.71. The molecule has 0 saturated heterocycles. The number of aromatic amines is 1. The summed E-state index contributed by atoms with van der Waals surface area (Å²) in [6, 6.07) is 3.73. The van der Waals surface area contributed by atoms with Crippen LogP contribution in [0.4, 0.5) is 0 Å². The summed E-state index contributed by atoms with van der Waals surface area (Å²) < 4.78 is 5.84. The van der Waals surface area contributed by atoms with Gasteiger partial charge in [-0.2, -0.15) is 0 Å². The van der Waals surface area contributed by atoms with E-state index in [1.165, 1.54) is 0 Å². The highest BCUT2D eigenvalue weighted by Gasteiger charge is 2.10. The zero-order valence-electron chi connectivity index (χ0n) is 9.29. The summed E-state index contributed by atoms with van der Waals surface area (Å²) in [5, 5.41) is 0.950. The van der Waals surface area contributed by atoms with Crippen LogP contribution in [0, 0.1) is 0 Å². The van der Waals surface area contributed by atoms with Crippen molar-refractivity contribution in [2.24, 2.45) is 0 Å². The second-order valence-corrected chi connectivity index (χ2v) is 4.56. The summed E-state index contributed by atoms with van der Waals surface area (Å²) in [5.74, 6) is 0.0607. The minimum absolute atomic E-state index is 0.176. The van der Waals surface area contributed by atoms with E-state index in [9.17, 15) is 4.79 Å². The van der Waals surface area contributed by atoms with Gasteiger partial charge in [0.2, 0.25) is 0 Å². The monoisotopic (exact) mass is 294 g/mol. The Kier molecular flexibility index (Phi) is 3.28. The summed E-state index contributed by atoms with van der Waals surface area (Å²) in [6.45, 7) is 5.16. The molecule has 0 spiro atoms. The lowest BCUT2D eigenvalue weighted by molar-refractivity contribution is -0.138. The number of pyridine rings is 1. The first-order valence-electron chi connectivity index (χ1n) is 5.04. The fraction of sp³-hybridized carbons (Fsp3) is 0.167. The molecule has 0 aliphatic carbocycles. The van der Waals surface area contributed by atoms with Crippen molar-refractivity contribution in [3.8, 4) is 0 Å². The van der Waals surface area contributed by atoms with Crippen molar-refractivity contribution in [3.05, 3.63) is 40.8 Å². The second-order valence-electron chi connectivity index (χ2n) is 3.70. The van der Waals surface area contributed by atoms with E-state index in [1.54, 1.807) is 13.1 Å². The average molecular weight is 295 g/mol. The highest BCUT2D eigenvalue weighted by Crippen LogP contribution is 2.22. The minimum atomic E-state index is -0.333. The highest BCUT2D eigenvalue weighted by atomic mass is 79.9. The summed E-state index contributed by atoms with van der Waals surface area (Å²) in [7, 11) is 0.